The minimum atomic E-state index is -3.23. The van der Waals surface area contributed by atoms with Crippen LogP contribution in [0.5, 0.6) is 0 Å². The fourth-order valence-corrected chi connectivity index (χ4v) is 7.46. The van der Waals surface area contributed by atoms with Gasteiger partial charge in [-0.3, -0.25) is 18.9 Å². The van der Waals surface area contributed by atoms with Crippen LogP contribution in [0, 0.1) is 0 Å². The minimum absolute atomic E-state index is 0.0321. The van der Waals surface area contributed by atoms with Crippen LogP contribution in [0.4, 0.5) is 0 Å². The van der Waals surface area contributed by atoms with Crippen LogP contribution in [-0.2, 0) is 40.8 Å². The van der Waals surface area contributed by atoms with E-state index in [2.05, 4.69) is 72.7 Å². The van der Waals surface area contributed by atoms with Gasteiger partial charge in [0.25, 0.3) is 5.56 Å². The van der Waals surface area contributed by atoms with E-state index in [-0.39, 0.29) is 29.8 Å². The molecule has 13 heteroatoms. The number of hydrogen-bond acceptors (Lipinski definition) is 8. The van der Waals surface area contributed by atoms with Crippen LogP contribution < -0.4 is 11.2 Å². The summed E-state index contributed by atoms with van der Waals surface area (Å²) in [5.74, 6) is 0. The Labute approximate surface area is 230 Å². The van der Waals surface area contributed by atoms with Gasteiger partial charge < -0.3 is 17.9 Å². The van der Waals surface area contributed by atoms with Crippen molar-refractivity contribution in [3.63, 3.8) is 0 Å². The zero-order chi connectivity index (χ0) is 28.9. The monoisotopic (exact) mass is 596 g/mol. The Morgan fingerprint density at radius 1 is 0.892 bits per heavy atom. The molecule has 0 bridgehead atoms. The van der Waals surface area contributed by atoms with Crippen LogP contribution in [-0.4, -0.2) is 58.2 Å². The third kappa shape index (κ3) is 9.92. The van der Waals surface area contributed by atoms with Gasteiger partial charge in [0.1, 0.15) is 5.60 Å². The fraction of sp³-hybridized carbons (Fsp3) is 0.833. The lowest BCUT2D eigenvalue weighted by Crippen LogP contribution is -2.55. The van der Waals surface area contributed by atoms with Crippen molar-refractivity contribution in [2.75, 3.05) is 26.4 Å². The average molecular weight is 597 g/mol. The molecule has 0 aliphatic heterocycles. The molecule has 0 spiro atoms. The van der Waals surface area contributed by atoms with Crippen LogP contribution in [0.2, 0.25) is 36.3 Å². The standard InChI is InChI=1S/C24H49N2O7PSSi2/c1-13-29-34(35,30-14-2)33-24(18-31-36(9,10)22(3,4)5,19-32-37(11,12)23(6,7)8)17-26-16-15-20(27)25-21(26)28/h15-16H,13-14,17-19H2,1-12H3,(H,25,27,28). The molecule has 0 aromatic carbocycles. The molecule has 216 valence electrons. The van der Waals surface area contributed by atoms with Crippen LogP contribution in [0.3, 0.4) is 0 Å². The van der Waals surface area contributed by atoms with Crippen molar-refractivity contribution in [2.45, 2.75) is 104 Å². The Hall–Kier alpha value is -0.436. The van der Waals surface area contributed by atoms with Gasteiger partial charge in [0.2, 0.25) is 0 Å². The van der Waals surface area contributed by atoms with Crippen LogP contribution >= 0.6 is 6.72 Å². The Morgan fingerprint density at radius 2 is 1.32 bits per heavy atom. The highest BCUT2D eigenvalue weighted by molar-refractivity contribution is 8.07. The fourth-order valence-electron chi connectivity index (χ4n) is 2.79. The number of aromatic amines is 1. The second kappa shape index (κ2) is 12.8. The molecule has 0 saturated carbocycles. The quantitative estimate of drug-likeness (QED) is 0.218. The molecule has 0 fully saturated rings. The van der Waals surface area contributed by atoms with Gasteiger partial charge in [0.15, 0.2) is 16.6 Å². The van der Waals surface area contributed by atoms with Crippen molar-refractivity contribution in [3.8, 4) is 0 Å². The molecular weight excluding hydrogens is 547 g/mol. The summed E-state index contributed by atoms with van der Waals surface area (Å²) in [6, 6.07) is 1.30. The van der Waals surface area contributed by atoms with Gasteiger partial charge in [-0.15, -0.1) is 0 Å². The highest BCUT2D eigenvalue weighted by atomic mass is 32.5. The summed E-state index contributed by atoms with van der Waals surface area (Å²) in [7, 11) is -4.50. The molecule has 0 aliphatic rings. The maximum atomic E-state index is 12.8. The van der Waals surface area contributed by atoms with Crippen molar-refractivity contribution in [1.82, 2.24) is 9.55 Å². The average Bonchev–Trinajstić information content (AvgIpc) is 2.71. The van der Waals surface area contributed by atoms with Gasteiger partial charge in [-0.05, 0) is 61.9 Å². The predicted molar refractivity (Wildman–Crippen MR) is 159 cm³/mol. The molecule has 0 atom stereocenters. The Balaban J connectivity index is 3.71. The van der Waals surface area contributed by atoms with Gasteiger partial charge in [0, 0.05) is 12.3 Å². The highest BCUT2D eigenvalue weighted by Crippen LogP contribution is 2.54. The van der Waals surface area contributed by atoms with Crippen molar-refractivity contribution in [3.05, 3.63) is 33.1 Å². The normalized spacial score (nSPS) is 14.3. The molecule has 1 N–H and O–H groups in total. The summed E-state index contributed by atoms with van der Waals surface area (Å²) >= 11 is 5.79. The van der Waals surface area contributed by atoms with Crippen LogP contribution in [0.1, 0.15) is 55.4 Å². The number of nitrogens with zero attached hydrogens (tertiary/aromatic N) is 1. The lowest BCUT2D eigenvalue weighted by atomic mass is 10.1. The van der Waals surface area contributed by atoms with E-state index >= 15 is 0 Å². The van der Waals surface area contributed by atoms with E-state index in [0.29, 0.717) is 13.2 Å². The molecule has 1 rings (SSSR count). The molecule has 1 heterocycles. The first-order valence-electron chi connectivity index (χ1n) is 12.8. The number of aromatic nitrogens is 2. The number of nitrogens with one attached hydrogen (secondary N) is 1. The zero-order valence-electron chi connectivity index (χ0n) is 24.9. The van der Waals surface area contributed by atoms with E-state index in [1.807, 2.05) is 13.8 Å². The third-order valence-corrected chi connectivity index (χ3v) is 18.8. The van der Waals surface area contributed by atoms with Crippen molar-refractivity contribution < 1.29 is 22.4 Å². The van der Waals surface area contributed by atoms with E-state index in [4.69, 9.17) is 34.2 Å². The van der Waals surface area contributed by atoms with Gasteiger partial charge in [-0.25, -0.2) is 4.79 Å². The van der Waals surface area contributed by atoms with Crippen molar-refractivity contribution >= 4 is 35.2 Å². The first-order valence-corrected chi connectivity index (χ1v) is 21.2. The van der Waals surface area contributed by atoms with E-state index in [0.717, 1.165) is 0 Å². The number of H-pyrrole nitrogens is 1. The summed E-state index contributed by atoms with van der Waals surface area (Å²) in [4.78, 5) is 26.8. The van der Waals surface area contributed by atoms with E-state index in [1.54, 1.807) is 0 Å². The summed E-state index contributed by atoms with van der Waals surface area (Å²) in [6.45, 7) is 22.9. The van der Waals surface area contributed by atoms with E-state index in [9.17, 15) is 9.59 Å². The second-order valence-electron chi connectivity index (χ2n) is 12.4. The molecule has 9 nitrogen and oxygen atoms in total. The first kappa shape index (κ1) is 34.6. The largest absolute Gasteiger partial charge is 0.414 e. The lowest BCUT2D eigenvalue weighted by molar-refractivity contribution is -0.0528. The summed E-state index contributed by atoms with van der Waals surface area (Å²) in [5.41, 5.74) is -2.25. The van der Waals surface area contributed by atoms with Crippen LogP contribution in [0.15, 0.2) is 21.9 Å². The maximum Gasteiger partial charge on any atom is 0.328 e. The second-order valence-corrected chi connectivity index (χ2v) is 24.9. The minimum Gasteiger partial charge on any atom is -0.414 e. The molecule has 0 amide bonds. The topological polar surface area (TPSA) is 101 Å². The smallest absolute Gasteiger partial charge is 0.328 e. The molecule has 1 aromatic heterocycles. The molecule has 37 heavy (non-hydrogen) atoms. The molecule has 1 aromatic rings. The first-order chi connectivity index (χ1) is 16.6. The Kier molecular flexibility index (Phi) is 12.0. The number of hydrogen-bond donors (Lipinski definition) is 1. The summed E-state index contributed by atoms with van der Waals surface area (Å²) in [5, 5.41) is -0.123. The van der Waals surface area contributed by atoms with Crippen molar-refractivity contribution in [2.24, 2.45) is 0 Å². The van der Waals surface area contributed by atoms with Gasteiger partial charge in [-0.1, -0.05) is 41.5 Å². The van der Waals surface area contributed by atoms with Crippen LogP contribution in [0.25, 0.3) is 0 Å². The highest BCUT2D eigenvalue weighted by Gasteiger charge is 2.47. The lowest BCUT2D eigenvalue weighted by Gasteiger charge is -2.44. The zero-order valence-corrected chi connectivity index (χ0v) is 28.6. The predicted octanol–water partition coefficient (Wildman–Crippen LogP) is 5.63. The Morgan fingerprint density at radius 3 is 1.68 bits per heavy atom. The van der Waals surface area contributed by atoms with Crippen molar-refractivity contribution in [1.29, 1.82) is 0 Å². The number of rotatable bonds is 14. The van der Waals surface area contributed by atoms with E-state index in [1.165, 1.54) is 16.8 Å². The van der Waals surface area contributed by atoms with E-state index < -0.39 is 40.2 Å². The molecule has 0 radical (unpaired) electrons. The molecule has 0 unspecified atom stereocenters. The summed E-state index contributed by atoms with van der Waals surface area (Å²) in [6.07, 6.45) is 1.45. The maximum absolute atomic E-state index is 12.8. The molecule has 0 saturated heterocycles. The third-order valence-electron chi connectivity index (χ3n) is 7.24. The van der Waals surface area contributed by atoms with Gasteiger partial charge in [-0.2, -0.15) is 0 Å². The molecule has 0 aliphatic carbocycles. The van der Waals surface area contributed by atoms with Gasteiger partial charge in [0.05, 0.1) is 33.0 Å². The summed E-state index contributed by atoms with van der Waals surface area (Å²) < 4.78 is 33.1. The Bertz CT molecular complexity index is 1010. The SMILES string of the molecule is CCOP(=S)(OCC)OC(CO[Si](C)(C)C(C)(C)C)(CO[Si](C)(C)C(C)(C)C)Cn1ccc(=O)[nH]c1=O. The molecular formula is C24H49N2O7PSSi2. The van der Waals surface area contributed by atoms with Gasteiger partial charge >= 0.3 is 12.4 Å².